The van der Waals surface area contributed by atoms with Gasteiger partial charge in [0.25, 0.3) is 0 Å². The van der Waals surface area contributed by atoms with Crippen molar-refractivity contribution in [3.8, 4) is 0 Å². The molecule has 0 saturated carbocycles. The van der Waals surface area contributed by atoms with Crippen LogP contribution in [0.5, 0.6) is 0 Å². The molecule has 0 amide bonds. The van der Waals surface area contributed by atoms with Crippen LogP contribution in [0.2, 0.25) is 0 Å². The Morgan fingerprint density at radius 1 is 0.947 bits per heavy atom. The van der Waals surface area contributed by atoms with Gasteiger partial charge < -0.3 is 5.32 Å². The van der Waals surface area contributed by atoms with Crippen LogP contribution in [0, 0.1) is 13.8 Å². The van der Waals surface area contributed by atoms with Crippen molar-refractivity contribution in [2.24, 2.45) is 0 Å². The van der Waals surface area contributed by atoms with Gasteiger partial charge in [-0.1, -0.05) is 48.5 Å². The lowest BCUT2D eigenvalue weighted by Gasteiger charge is -2.18. The van der Waals surface area contributed by atoms with Gasteiger partial charge in [0.15, 0.2) is 0 Å². The summed E-state index contributed by atoms with van der Waals surface area (Å²) in [4.78, 5) is 0. The number of benzene rings is 2. The van der Waals surface area contributed by atoms with Crippen molar-refractivity contribution in [2.45, 2.75) is 32.7 Å². The topological polar surface area (TPSA) is 12.0 Å². The third-order valence-electron chi connectivity index (χ3n) is 3.85. The molecule has 0 aliphatic carbocycles. The maximum atomic E-state index is 3.44. The number of hydrogen-bond donors (Lipinski definition) is 1. The summed E-state index contributed by atoms with van der Waals surface area (Å²) in [6.45, 7) is 4.35. The molecule has 0 heterocycles. The van der Waals surface area contributed by atoms with Gasteiger partial charge in [-0.15, -0.1) is 0 Å². The Hall–Kier alpha value is -1.60. The van der Waals surface area contributed by atoms with E-state index in [1.807, 2.05) is 7.05 Å². The molecule has 100 valence electrons. The lowest BCUT2D eigenvalue weighted by atomic mass is 9.96. The first kappa shape index (κ1) is 13.8. The summed E-state index contributed by atoms with van der Waals surface area (Å²) in [5.41, 5.74) is 5.53. The Morgan fingerprint density at radius 2 is 1.68 bits per heavy atom. The van der Waals surface area contributed by atoms with Crippen LogP contribution in [-0.2, 0) is 6.42 Å². The molecule has 1 atom stereocenters. The molecule has 1 unspecified atom stereocenters. The molecule has 1 N–H and O–H groups in total. The van der Waals surface area contributed by atoms with Crippen molar-refractivity contribution in [2.75, 3.05) is 7.05 Å². The number of nitrogens with one attached hydrogen (secondary N) is 1. The minimum atomic E-state index is 0.430. The molecular weight excluding hydrogens is 230 g/mol. The van der Waals surface area contributed by atoms with E-state index in [-0.39, 0.29) is 0 Å². The van der Waals surface area contributed by atoms with Crippen LogP contribution in [0.3, 0.4) is 0 Å². The highest BCUT2D eigenvalue weighted by Gasteiger charge is 2.09. The normalized spacial score (nSPS) is 12.4. The second-order valence-electron chi connectivity index (χ2n) is 5.21. The van der Waals surface area contributed by atoms with Gasteiger partial charge in [0.05, 0.1) is 0 Å². The van der Waals surface area contributed by atoms with Gasteiger partial charge in [0, 0.05) is 6.04 Å². The minimum absolute atomic E-state index is 0.430. The summed E-state index contributed by atoms with van der Waals surface area (Å²) in [6, 6.07) is 17.9. The van der Waals surface area contributed by atoms with E-state index >= 15 is 0 Å². The lowest BCUT2D eigenvalue weighted by Crippen LogP contribution is -2.17. The van der Waals surface area contributed by atoms with Crippen LogP contribution in [-0.4, -0.2) is 7.05 Å². The molecule has 0 aromatic heterocycles. The Bertz CT molecular complexity index is 516. The predicted octanol–water partition coefficient (Wildman–Crippen LogP) is 4.20. The van der Waals surface area contributed by atoms with Crippen LogP contribution >= 0.6 is 0 Å². The fraction of sp³-hybridized carbons (Fsp3) is 0.333. The van der Waals surface area contributed by atoms with Crippen LogP contribution in [0.1, 0.15) is 34.7 Å². The highest BCUT2D eigenvalue weighted by atomic mass is 14.9. The molecule has 1 heteroatoms. The quantitative estimate of drug-likeness (QED) is 0.842. The average molecular weight is 253 g/mol. The van der Waals surface area contributed by atoms with Gasteiger partial charge in [-0.2, -0.15) is 0 Å². The van der Waals surface area contributed by atoms with Gasteiger partial charge >= 0.3 is 0 Å². The number of hydrogen-bond acceptors (Lipinski definition) is 1. The summed E-state index contributed by atoms with van der Waals surface area (Å²) in [5, 5.41) is 3.44. The fourth-order valence-corrected chi connectivity index (χ4v) is 2.41. The monoisotopic (exact) mass is 253 g/mol. The van der Waals surface area contributed by atoms with Crippen molar-refractivity contribution in [3.05, 3.63) is 70.8 Å². The van der Waals surface area contributed by atoms with E-state index in [1.54, 1.807) is 0 Å². The molecule has 2 rings (SSSR count). The number of aryl methyl sites for hydroxylation is 3. The molecule has 19 heavy (non-hydrogen) atoms. The fourth-order valence-electron chi connectivity index (χ4n) is 2.41. The smallest absolute Gasteiger partial charge is 0.0320 e. The van der Waals surface area contributed by atoms with E-state index in [0.29, 0.717) is 6.04 Å². The van der Waals surface area contributed by atoms with E-state index in [9.17, 15) is 0 Å². The van der Waals surface area contributed by atoms with Crippen LogP contribution in [0.4, 0.5) is 0 Å². The van der Waals surface area contributed by atoms with E-state index in [2.05, 4.69) is 67.7 Å². The molecule has 0 spiro atoms. The summed E-state index contributed by atoms with van der Waals surface area (Å²) in [7, 11) is 2.05. The largest absolute Gasteiger partial charge is 0.313 e. The molecular formula is C18H23N. The highest BCUT2D eigenvalue weighted by Crippen LogP contribution is 2.21. The summed E-state index contributed by atoms with van der Waals surface area (Å²) in [6.07, 6.45) is 2.24. The van der Waals surface area contributed by atoms with Gasteiger partial charge in [0.2, 0.25) is 0 Å². The molecule has 2 aromatic rings. The van der Waals surface area contributed by atoms with Gasteiger partial charge in [-0.05, 0) is 56.0 Å². The second-order valence-corrected chi connectivity index (χ2v) is 5.21. The van der Waals surface area contributed by atoms with Crippen molar-refractivity contribution in [1.29, 1.82) is 0 Å². The second kappa shape index (κ2) is 6.53. The van der Waals surface area contributed by atoms with Crippen molar-refractivity contribution in [1.82, 2.24) is 5.32 Å². The number of rotatable bonds is 5. The molecule has 1 nitrogen and oxygen atoms in total. The molecule has 0 bridgehead atoms. The first-order valence-corrected chi connectivity index (χ1v) is 6.99. The van der Waals surface area contributed by atoms with Crippen LogP contribution in [0.15, 0.2) is 48.5 Å². The maximum absolute atomic E-state index is 3.44. The molecule has 0 aliphatic heterocycles. The van der Waals surface area contributed by atoms with Crippen LogP contribution < -0.4 is 5.32 Å². The molecule has 0 fully saturated rings. The zero-order valence-corrected chi connectivity index (χ0v) is 12.1. The predicted molar refractivity (Wildman–Crippen MR) is 82.5 cm³/mol. The van der Waals surface area contributed by atoms with Crippen molar-refractivity contribution >= 4 is 0 Å². The van der Waals surface area contributed by atoms with E-state index in [4.69, 9.17) is 0 Å². The Labute approximate surface area is 116 Å². The highest BCUT2D eigenvalue weighted by molar-refractivity contribution is 5.32. The SMILES string of the molecule is CNC(CCc1ccccc1)c1ccc(C)c(C)c1. The average Bonchev–Trinajstić information content (AvgIpc) is 2.44. The first-order valence-electron chi connectivity index (χ1n) is 6.99. The van der Waals surface area contributed by atoms with Crippen molar-refractivity contribution < 1.29 is 0 Å². The third-order valence-corrected chi connectivity index (χ3v) is 3.85. The lowest BCUT2D eigenvalue weighted by molar-refractivity contribution is 0.549. The van der Waals surface area contributed by atoms with E-state index < -0.39 is 0 Å². The van der Waals surface area contributed by atoms with Crippen LogP contribution in [0.25, 0.3) is 0 Å². The first-order chi connectivity index (χ1) is 9.20. The van der Waals surface area contributed by atoms with Gasteiger partial charge in [-0.3, -0.25) is 0 Å². The van der Waals surface area contributed by atoms with Gasteiger partial charge in [-0.25, -0.2) is 0 Å². The Balaban J connectivity index is 2.05. The minimum Gasteiger partial charge on any atom is -0.313 e. The molecule has 0 radical (unpaired) electrons. The zero-order chi connectivity index (χ0) is 13.7. The molecule has 0 aliphatic rings. The van der Waals surface area contributed by atoms with Crippen molar-refractivity contribution in [3.63, 3.8) is 0 Å². The maximum Gasteiger partial charge on any atom is 0.0320 e. The van der Waals surface area contributed by atoms with E-state index in [0.717, 1.165) is 12.8 Å². The summed E-state index contributed by atoms with van der Waals surface area (Å²) in [5.74, 6) is 0. The third kappa shape index (κ3) is 3.68. The van der Waals surface area contributed by atoms with Gasteiger partial charge in [0.1, 0.15) is 0 Å². The van der Waals surface area contributed by atoms with E-state index in [1.165, 1.54) is 22.3 Å². The molecule has 0 saturated heterocycles. The zero-order valence-electron chi connectivity index (χ0n) is 12.1. The Morgan fingerprint density at radius 3 is 2.32 bits per heavy atom. The summed E-state index contributed by atoms with van der Waals surface area (Å²) < 4.78 is 0. The molecule has 2 aromatic carbocycles. The summed E-state index contributed by atoms with van der Waals surface area (Å²) >= 11 is 0. The standard InChI is InChI=1S/C18H23N/c1-14-9-11-17(13-15(14)2)18(19-3)12-10-16-7-5-4-6-8-16/h4-9,11,13,18-19H,10,12H2,1-3H3. The Kier molecular flexibility index (Phi) is 4.75.